The van der Waals surface area contributed by atoms with Gasteiger partial charge in [-0.1, -0.05) is 26.0 Å². The third kappa shape index (κ3) is 3.22. The number of carbonyl (C=O) groups is 1. The molecule has 0 N–H and O–H groups in total. The fourth-order valence-corrected chi connectivity index (χ4v) is 3.57. The minimum atomic E-state index is 0.167. The Morgan fingerprint density at radius 1 is 1.33 bits per heavy atom. The van der Waals surface area contributed by atoms with Crippen molar-refractivity contribution < 1.29 is 9.53 Å². The van der Waals surface area contributed by atoms with Crippen molar-refractivity contribution >= 4 is 11.5 Å². The SMILES string of the molecule is CC1(C)CCC(=O)C(CN2CCCOc3ccccc32)C1. The lowest BCUT2D eigenvalue weighted by molar-refractivity contribution is -0.126. The van der Waals surface area contributed by atoms with E-state index < -0.39 is 0 Å². The Morgan fingerprint density at radius 2 is 2.14 bits per heavy atom. The van der Waals surface area contributed by atoms with E-state index in [0.29, 0.717) is 11.2 Å². The molecule has 3 nitrogen and oxygen atoms in total. The summed E-state index contributed by atoms with van der Waals surface area (Å²) in [6.45, 7) is 7.14. The lowest BCUT2D eigenvalue weighted by Gasteiger charge is -2.37. The van der Waals surface area contributed by atoms with E-state index in [1.165, 1.54) is 0 Å². The summed E-state index contributed by atoms with van der Waals surface area (Å²) in [6, 6.07) is 8.20. The molecule has 1 aromatic carbocycles. The molecule has 2 aliphatic rings. The molecule has 0 radical (unpaired) electrons. The summed E-state index contributed by atoms with van der Waals surface area (Å²) in [5.41, 5.74) is 1.44. The predicted molar refractivity (Wildman–Crippen MR) is 84.9 cm³/mol. The standard InChI is InChI=1S/C18H25NO2/c1-18(2)9-8-16(20)14(12-18)13-19-10-5-11-21-17-7-4-3-6-15(17)19/h3-4,6-7,14H,5,8-13H2,1-2H3. The number of fused-ring (bicyclic) bond motifs is 1. The van der Waals surface area contributed by atoms with E-state index in [9.17, 15) is 4.79 Å². The zero-order valence-corrected chi connectivity index (χ0v) is 13.1. The van der Waals surface area contributed by atoms with Crippen LogP contribution in [0, 0.1) is 11.3 Å². The van der Waals surface area contributed by atoms with Gasteiger partial charge in [-0.2, -0.15) is 0 Å². The van der Waals surface area contributed by atoms with Crippen molar-refractivity contribution in [3.63, 3.8) is 0 Å². The van der Waals surface area contributed by atoms with Crippen molar-refractivity contribution in [2.24, 2.45) is 11.3 Å². The molecule has 0 aromatic heterocycles. The summed E-state index contributed by atoms with van der Waals surface area (Å²) in [7, 11) is 0. The molecule has 0 amide bonds. The molecule has 1 aliphatic heterocycles. The van der Waals surface area contributed by atoms with Gasteiger partial charge in [-0.3, -0.25) is 4.79 Å². The summed E-state index contributed by atoms with van der Waals surface area (Å²) < 4.78 is 5.81. The van der Waals surface area contributed by atoms with Gasteiger partial charge >= 0.3 is 0 Å². The van der Waals surface area contributed by atoms with Gasteiger partial charge in [-0.05, 0) is 36.8 Å². The number of benzene rings is 1. The third-order valence-electron chi connectivity index (χ3n) is 4.78. The van der Waals surface area contributed by atoms with Crippen LogP contribution in [0.4, 0.5) is 5.69 Å². The molecule has 3 heteroatoms. The quantitative estimate of drug-likeness (QED) is 0.831. The molecule has 0 spiro atoms. The summed E-state index contributed by atoms with van der Waals surface area (Å²) in [5.74, 6) is 1.56. The molecule has 21 heavy (non-hydrogen) atoms. The number of ketones is 1. The van der Waals surface area contributed by atoms with Gasteiger partial charge in [-0.15, -0.1) is 0 Å². The molecule has 0 bridgehead atoms. The van der Waals surface area contributed by atoms with E-state index in [4.69, 9.17) is 4.74 Å². The van der Waals surface area contributed by atoms with Gasteiger partial charge in [0.1, 0.15) is 11.5 Å². The minimum absolute atomic E-state index is 0.167. The number of para-hydroxylation sites is 2. The van der Waals surface area contributed by atoms with E-state index in [1.807, 2.05) is 18.2 Å². The highest BCUT2D eigenvalue weighted by atomic mass is 16.5. The van der Waals surface area contributed by atoms with Crippen molar-refractivity contribution in [3.8, 4) is 5.75 Å². The topological polar surface area (TPSA) is 29.5 Å². The van der Waals surface area contributed by atoms with E-state index in [0.717, 1.165) is 56.8 Å². The summed E-state index contributed by atoms with van der Waals surface area (Å²) >= 11 is 0. The Bertz CT molecular complexity index is 524. The fraction of sp³-hybridized carbons (Fsp3) is 0.611. The first-order chi connectivity index (χ1) is 10.1. The number of hydrogen-bond acceptors (Lipinski definition) is 3. The Morgan fingerprint density at radius 3 is 3.00 bits per heavy atom. The van der Waals surface area contributed by atoms with Gasteiger partial charge in [0.25, 0.3) is 0 Å². The maximum Gasteiger partial charge on any atom is 0.142 e. The first kappa shape index (κ1) is 14.4. The van der Waals surface area contributed by atoms with Crippen molar-refractivity contribution in [2.45, 2.75) is 39.5 Å². The van der Waals surface area contributed by atoms with Crippen molar-refractivity contribution in [1.29, 1.82) is 0 Å². The molecule has 3 rings (SSSR count). The average Bonchev–Trinajstić information content (AvgIpc) is 2.66. The van der Waals surface area contributed by atoms with Crippen molar-refractivity contribution in [3.05, 3.63) is 24.3 Å². The zero-order chi connectivity index (χ0) is 14.9. The Kier molecular flexibility index (Phi) is 3.92. The van der Waals surface area contributed by atoms with Crippen molar-refractivity contribution in [1.82, 2.24) is 0 Å². The van der Waals surface area contributed by atoms with Crippen LogP contribution in [-0.4, -0.2) is 25.5 Å². The minimum Gasteiger partial charge on any atom is -0.491 e. The van der Waals surface area contributed by atoms with E-state index >= 15 is 0 Å². The van der Waals surface area contributed by atoms with Crippen LogP contribution in [0.15, 0.2) is 24.3 Å². The van der Waals surface area contributed by atoms with E-state index in [-0.39, 0.29) is 5.92 Å². The van der Waals surface area contributed by atoms with Gasteiger partial charge in [0.05, 0.1) is 12.3 Å². The lowest BCUT2D eigenvalue weighted by Crippen LogP contribution is -2.39. The van der Waals surface area contributed by atoms with E-state index in [2.05, 4.69) is 24.8 Å². The second-order valence-corrected chi connectivity index (χ2v) is 7.15. The zero-order valence-electron chi connectivity index (χ0n) is 13.1. The van der Waals surface area contributed by atoms with Crippen LogP contribution in [0.2, 0.25) is 0 Å². The third-order valence-corrected chi connectivity index (χ3v) is 4.78. The molecular formula is C18H25NO2. The lowest BCUT2D eigenvalue weighted by atomic mass is 9.71. The number of rotatable bonds is 2. The molecule has 114 valence electrons. The number of Topliss-reactive ketones (excluding diaryl/α,β-unsaturated/α-hetero) is 1. The maximum absolute atomic E-state index is 12.3. The van der Waals surface area contributed by atoms with Gasteiger partial charge in [0.2, 0.25) is 0 Å². The Labute approximate surface area is 127 Å². The highest BCUT2D eigenvalue weighted by molar-refractivity contribution is 5.82. The highest BCUT2D eigenvalue weighted by Gasteiger charge is 2.35. The molecular weight excluding hydrogens is 262 g/mol. The van der Waals surface area contributed by atoms with Gasteiger partial charge in [-0.25, -0.2) is 0 Å². The van der Waals surface area contributed by atoms with Crippen LogP contribution in [0.3, 0.4) is 0 Å². The second-order valence-electron chi connectivity index (χ2n) is 7.15. The van der Waals surface area contributed by atoms with Gasteiger partial charge in [0.15, 0.2) is 0 Å². The summed E-state index contributed by atoms with van der Waals surface area (Å²) in [4.78, 5) is 14.6. The molecule has 1 fully saturated rings. The smallest absolute Gasteiger partial charge is 0.142 e. The fourth-order valence-electron chi connectivity index (χ4n) is 3.57. The number of ether oxygens (including phenoxy) is 1. The van der Waals surface area contributed by atoms with Crippen LogP contribution in [-0.2, 0) is 4.79 Å². The van der Waals surface area contributed by atoms with Crippen LogP contribution in [0.1, 0.15) is 39.5 Å². The van der Waals surface area contributed by atoms with Crippen LogP contribution >= 0.6 is 0 Å². The van der Waals surface area contributed by atoms with Gasteiger partial charge in [0, 0.05) is 25.4 Å². The normalized spacial score (nSPS) is 25.0. The largest absolute Gasteiger partial charge is 0.491 e. The molecule has 1 saturated carbocycles. The van der Waals surface area contributed by atoms with Crippen LogP contribution < -0.4 is 9.64 Å². The molecule has 1 heterocycles. The number of carbonyl (C=O) groups excluding carboxylic acids is 1. The molecule has 1 aromatic rings. The average molecular weight is 287 g/mol. The molecule has 1 atom stereocenters. The second kappa shape index (κ2) is 5.70. The highest BCUT2D eigenvalue weighted by Crippen LogP contribution is 2.38. The van der Waals surface area contributed by atoms with Crippen LogP contribution in [0.5, 0.6) is 5.75 Å². The van der Waals surface area contributed by atoms with Crippen LogP contribution in [0.25, 0.3) is 0 Å². The molecule has 0 saturated heterocycles. The Balaban J connectivity index is 1.79. The summed E-state index contributed by atoms with van der Waals surface area (Å²) in [6.07, 6.45) is 3.79. The first-order valence-electron chi connectivity index (χ1n) is 8.05. The van der Waals surface area contributed by atoms with E-state index in [1.54, 1.807) is 0 Å². The molecule has 1 aliphatic carbocycles. The predicted octanol–water partition coefficient (Wildman–Crippen LogP) is 3.67. The Hall–Kier alpha value is -1.51. The monoisotopic (exact) mass is 287 g/mol. The summed E-state index contributed by atoms with van der Waals surface area (Å²) in [5, 5.41) is 0. The number of nitrogens with zero attached hydrogens (tertiary/aromatic N) is 1. The van der Waals surface area contributed by atoms with Crippen molar-refractivity contribution in [2.75, 3.05) is 24.6 Å². The van der Waals surface area contributed by atoms with Gasteiger partial charge < -0.3 is 9.64 Å². The molecule has 1 unspecified atom stereocenters. The maximum atomic E-state index is 12.3. The first-order valence-corrected chi connectivity index (χ1v) is 8.05. The number of anilines is 1. The number of hydrogen-bond donors (Lipinski definition) is 0.